The number of nitriles is 1. The largest absolute Gasteiger partial charge is 0.508 e. The summed E-state index contributed by atoms with van der Waals surface area (Å²) in [6.45, 7) is 2.38. The van der Waals surface area contributed by atoms with Crippen LogP contribution in [-0.2, 0) is 6.42 Å². The first-order chi connectivity index (χ1) is 10.1. The lowest BCUT2D eigenvalue weighted by molar-refractivity contribution is 0.0427. The van der Waals surface area contributed by atoms with Crippen LogP contribution in [0.3, 0.4) is 0 Å². The second-order valence-electron chi connectivity index (χ2n) is 7.60. The van der Waals surface area contributed by atoms with E-state index in [0.717, 1.165) is 24.7 Å². The second kappa shape index (κ2) is 4.50. The summed E-state index contributed by atoms with van der Waals surface area (Å²) in [7, 11) is 0. The Hall–Kier alpha value is -1.49. The van der Waals surface area contributed by atoms with Gasteiger partial charge in [-0.3, -0.25) is 0 Å². The van der Waals surface area contributed by atoms with Gasteiger partial charge in [0.25, 0.3) is 0 Å². The van der Waals surface area contributed by atoms with Crippen molar-refractivity contribution in [3.63, 3.8) is 0 Å². The Kier molecular flexibility index (Phi) is 2.83. The molecular weight excluding hydrogens is 258 g/mol. The number of phenolic OH excluding ortho intramolecular Hbond substituents is 1. The van der Waals surface area contributed by atoms with E-state index in [1.807, 2.05) is 12.1 Å². The minimum Gasteiger partial charge on any atom is -0.508 e. The van der Waals surface area contributed by atoms with Crippen LogP contribution in [0.25, 0.3) is 0 Å². The molecule has 110 valence electrons. The third-order valence-corrected chi connectivity index (χ3v) is 6.87. The smallest absolute Gasteiger partial charge is 0.115 e. The molecule has 1 N–H and O–H groups in total. The first-order valence-electron chi connectivity index (χ1n) is 8.35. The number of aryl methyl sites for hydroxylation is 1. The Morgan fingerprint density at radius 3 is 2.90 bits per heavy atom. The fraction of sp³-hybridized carbons (Fsp3) is 0.632. The van der Waals surface area contributed by atoms with Gasteiger partial charge >= 0.3 is 0 Å². The average molecular weight is 281 g/mol. The van der Waals surface area contributed by atoms with Crippen molar-refractivity contribution in [2.24, 2.45) is 23.2 Å². The van der Waals surface area contributed by atoms with E-state index < -0.39 is 0 Å². The van der Waals surface area contributed by atoms with Gasteiger partial charge in [-0.2, -0.15) is 5.26 Å². The van der Waals surface area contributed by atoms with Crippen LogP contribution >= 0.6 is 0 Å². The van der Waals surface area contributed by atoms with Gasteiger partial charge in [0, 0.05) is 0 Å². The highest BCUT2D eigenvalue weighted by Gasteiger charge is 2.54. The van der Waals surface area contributed by atoms with Crippen LogP contribution in [0, 0.1) is 34.5 Å². The lowest BCUT2D eigenvalue weighted by Gasteiger charge is -2.50. The van der Waals surface area contributed by atoms with Crippen molar-refractivity contribution in [3.8, 4) is 11.8 Å². The highest BCUT2D eigenvalue weighted by Crippen LogP contribution is 2.62. The predicted octanol–water partition coefficient (Wildman–Crippen LogP) is 4.39. The van der Waals surface area contributed by atoms with Gasteiger partial charge in [0.1, 0.15) is 5.75 Å². The van der Waals surface area contributed by atoms with Crippen molar-refractivity contribution in [2.45, 2.75) is 51.4 Å². The Bertz CT molecular complexity index is 616. The van der Waals surface area contributed by atoms with Crippen LogP contribution < -0.4 is 0 Å². The maximum absolute atomic E-state index is 9.71. The highest BCUT2D eigenvalue weighted by atomic mass is 16.3. The van der Waals surface area contributed by atoms with Gasteiger partial charge in [-0.05, 0) is 85.0 Å². The maximum atomic E-state index is 9.71. The summed E-state index contributed by atoms with van der Waals surface area (Å²) in [5.41, 5.74) is 3.09. The molecule has 1 aromatic carbocycles. The molecule has 0 spiro atoms. The molecular formula is C19H23NO. The summed E-state index contributed by atoms with van der Waals surface area (Å²) in [4.78, 5) is 0. The molecule has 4 rings (SSSR count). The van der Waals surface area contributed by atoms with Crippen LogP contribution in [-0.4, -0.2) is 5.11 Å². The molecule has 2 nitrogen and oxygen atoms in total. The van der Waals surface area contributed by atoms with E-state index in [9.17, 15) is 10.4 Å². The summed E-state index contributed by atoms with van der Waals surface area (Å²) in [6, 6.07) is 8.56. The minimum absolute atomic E-state index is 0.254. The van der Waals surface area contributed by atoms with Crippen molar-refractivity contribution in [2.75, 3.05) is 0 Å². The summed E-state index contributed by atoms with van der Waals surface area (Å²) in [5.74, 6) is 2.80. The second-order valence-corrected chi connectivity index (χ2v) is 7.60. The maximum Gasteiger partial charge on any atom is 0.115 e. The fourth-order valence-corrected chi connectivity index (χ4v) is 5.78. The van der Waals surface area contributed by atoms with E-state index in [1.165, 1.54) is 36.8 Å². The molecule has 0 aromatic heterocycles. The number of benzene rings is 1. The molecule has 3 aliphatic rings. The monoisotopic (exact) mass is 281 g/mol. The molecule has 0 bridgehead atoms. The van der Waals surface area contributed by atoms with Crippen molar-refractivity contribution in [1.82, 2.24) is 0 Å². The third-order valence-electron chi connectivity index (χ3n) is 6.87. The van der Waals surface area contributed by atoms with Crippen LogP contribution in [0.5, 0.6) is 5.75 Å². The van der Waals surface area contributed by atoms with E-state index in [1.54, 1.807) is 0 Å². The zero-order chi connectivity index (χ0) is 14.6. The highest BCUT2D eigenvalue weighted by molar-refractivity contribution is 5.40. The molecule has 2 saturated carbocycles. The summed E-state index contributed by atoms with van der Waals surface area (Å²) in [5, 5.41) is 19.2. The Balaban J connectivity index is 1.70. The molecule has 2 heteroatoms. The molecule has 21 heavy (non-hydrogen) atoms. The molecule has 0 radical (unpaired) electrons. The topological polar surface area (TPSA) is 44.0 Å². The number of fused-ring (bicyclic) bond motifs is 5. The van der Waals surface area contributed by atoms with Gasteiger partial charge in [0.15, 0.2) is 0 Å². The molecule has 5 atom stereocenters. The van der Waals surface area contributed by atoms with E-state index in [2.05, 4.69) is 19.1 Å². The summed E-state index contributed by atoms with van der Waals surface area (Å²) >= 11 is 0. The molecule has 2 fully saturated rings. The first kappa shape index (κ1) is 13.2. The Labute approximate surface area is 126 Å². The predicted molar refractivity (Wildman–Crippen MR) is 81.8 cm³/mol. The number of aromatic hydroxyl groups is 1. The summed E-state index contributed by atoms with van der Waals surface area (Å²) < 4.78 is 0. The number of hydrogen-bond acceptors (Lipinski definition) is 2. The van der Waals surface area contributed by atoms with E-state index in [0.29, 0.717) is 11.7 Å². The molecule has 0 saturated heterocycles. The normalized spacial score (nSPS) is 40.8. The Morgan fingerprint density at radius 1 is 1.24 bits per heavy atom. The third kappa shape index (κ3) is 1.76. The van der Waals surface area contributed by atoms with Gasteiger partial charge in [-0.15, -0.1) is 0 Å². The standard InChI is InChI=1S/C19H23NO/c1-19-9-8-16-15-6-4-14(21)10-12(15)2-5-17(16)18(19)7-3-13(19)11-20/h4,6,10,13,16-18,21H,2-3,5,7-9H2,1H3/t13-,16-,17-,18+,19-/m0/s1. The SMILES string of the molecule is C[C@@]12CC[C@H]3c4ccc(O)cc4CC[C@@H]3[C@H]1CC[C@H]2C#N. The lowest BCUT2D eigenvalue weighted by Crippen LogP contribution is -2.42. The molecule has 0 aliphatic heterocycles. The summed E-state index contributed by atoms with van der Waals surface area (Å²) in [6.07, 6.45) is 7.08. The molecule has 1 aromatic rings. The van der Waals surface area contributed by atoms with E-state index in [-0.39, 0.29) is 11.3 Å². The molecule has 3 aliphatic carbocycles. The quantitative estimate of drug-likeness (QED) is 0.766. The van der Waals surface area contributed by atoms with E-state index >= 15 is 0 Å². The van der Waals surface area contributed by atoms with Crippen LogP contribution in [0.4, 0.5) is 0 Å². The van der Waals surface area contributed by atoms with Gasteiger partial charge in [-0.25, -0.2) is 0 Å². The molecule has 0 heterocycles. The number of nitrogens with zero attached hydrogens (tertiary/aromatic N) is 1. The molecule has 0 unspecified atom stereocenters. The molecule has 0 amide bonds. The minimum atomic E-state index is 0.254. The van der Waals surface area contributed by atoms with Crippen LogP contribution in [0.15, 0.2) is 18.2 Å². The fourth-order valence-electron chi connectivity index (χ4n) is 5.78. The average Bonchev–Trinajstić information content (AvgIpc) is 2.83. The van der Waals surface area contributed by atoms with Crippen molar-refractivity contribution in [3.05, 3.63) is 29.3 Å². The van der Waals surface area contributed by atoms with Crippen molar-refractivity contribution >= 4 is 0 Å². The van der Waals surface area contributed by atoms with Crippen LogP contribution in [0.1, 0.15) is 56.1 Å². The lowest BCUT2D eigenvalue weighted by atomic mass is 9.54. The first-order valence-corrected chi connectivity index (χ1v) is 8.35. The van der Waals surface area contributed by atoms with Crippen LogP contribution in [0.2, 0.25) is 0 Å². The zero-order valence-corrected chi connectivity index (χ0v) is 12.7. The number of phenols is 1. The number of rotatable bonds is 0. The van der Waals surface area contributed by atoms with Gasteiger partial charge in [-0.1, -0.05) is 13.0 Å². The van der Waals surface area contributed by atoms with Gasteiger partial charge < -0.3 is 5.11 Å². The zero-order valence-electron chi connectivity index (χ0n) is 12.7. The van der Waals surface area contributed by atoms with E-state index in [4.69, 9.17) is 0 Å². The van der Waals surface area contributed by atoms with Gasteiger partial charge in [0.05, 0.1) is 12.0 Å². The number of hydrogen-bond donors (Lipinski definition) is 1. The van der Waals surface area contributed by atoms with Crippen molar-refractivity contribution in [1.29, 1.82) is 5.26 Å². The van der Waals surface area contributed by atoms with Crippen molar-refractivity contribution < 1.29 is 5.11 Å². The Morgan fingerprint density at radius 2 is 2.10 bits per heavy atom. The van der Waals surface area contributed by atoms with Gasteiger partial charge in [0.2, 0.25) is 0 Å².